The maximum Gasteiger partial charge on any atom is 0.223 e. The number of pyridine rings is 1. The second-order valence-electron chi connectivity index (χ2n) is 6.04. The van der Waals surface area contributed by atoms with Gasteiger partial charge in [-0.1, -0.05) is 11.2 Å². The number of hydrogen-bond acceptors (Lipinski definition) is 6. The summed E-state index contributed by atoms with van der Waals surface area (Å²) in [5.41, 5.74) is 1.28. The molecule has 1 saturated heterocycles. The van der Waals surface area contributed by atoms with Gasteiger partial charge in [-0.15, -0.1) is 0 Å². The molecular formula is C16H23N5O. The standard InChI is InChI=1S/C16H23N5O/c1-12(14-5-4-7-17-9-14)21-8-6-15(10-21)20(3)11-16-18-13(2)22-19-16/h4-5,7,9,12,15H,6,8,10-11H2,1-3H3. The van der Waals surface area contributed by atoms with Crippen molar-refractivity contribution in [3.63, 3.8) is 0 Å². The molecule has 2 atom stereocenters. The fraction of sp³-hybridized carbons (Fsp3) is 0.562. The van der Waals surface area contributed by atoms with Crippen LogP contribution in [0.3, 0.4) is 0 Å². The van der Waals surface area contributed by atoms with Crippen LogP contribution in [-0.4, -0.2) is 51.1 Å². The van der Waals surface area contributed by atoms with Gasteiger partial charge >= 0.3 is 0 Å². The molecule has 1 aliphatic rings. The normalized spacial score (nSPS) is 20.6. The molecular weight excluding hydrogens is 278 g/mol. The minimum absolute atomic E-state index is 0.402. The Kier molecular flexibility index (Phi) is 4.49. The van der Waals surface area contributed by atoms with Crippen LogP contribution in [0.4, 0.5) is 0 Å². The van der Waals surface area contributed by atoms with E-state index in [1.54, 1.807) is 0 Å². The Morgan fingerprint density at radius 1 is 1.50 bits per heavy atom. The Balaban J connectivity index is 1.57. The summed E-state index contributed by atoms with van der Waals surface area (Å²) >= 11 is 0. The zero-order chi connectivity index (χ0) is 15.5. The van der Waals surface area contributed by atoms with Crippen LogP contribution < -0.4 is 0 Å². The van der Waals surface area contributed by atoms with E-state index in [0.29, 0.717) is 18.0 Å². The van der Waals surface area contributed by atoms with Crippen molar-refractivity contribution in [2.45, 2.75) is 38.9 Å². The minimum Gasteiger partial charge on any atom is -0.340 e. The summed E-state index contributed by atoms with van der Waals surface area (Å²) in [5, 5.41) is 3.98. The molecule has 0 bridgehead atoms. The van der Waals surface area contributed by atoms with Gasteiger partial charge in [0.25, 0.3) is 0 Å². The Morgan fingerprint density at radius 3 is 3.05 bits per heavy atom. The average Bonchev–Trinajstić information content (AvgIpc) is 3.17. The molecule has 2 unspecified atom stereocenters. The maximum absolute atomic E-state index is 5.04. The van der Waals surface area contributed by atoms with Gasteiger partial charge in [0.15, 0.2) is 5.82 Å². The predicted molar refractivity (Wildman–Crippen MR) is 83.1 cm³/mol. The molecule has 3 heterocycles. The Hall–Kier alpha value is -1.79. The van der Waals surface area contributed by atoms with Crippen molar-refractivity contribution in [1.82, 2.24) is 24.9 Å². The summed E-state index contributed by atoms with van der Waals surface area (Å²) in [6, 6.07) is 5.08. The summed E-state index contributed by atoms with van der Waals surface area (Å²) in [7, 11) is 2.13. The van der Waals surface area contributed by atoms with E-state index in [0.717, 1.165) is 31.9 Å². The SMILES string of the molecule is Cc1nc(CN(C)C2CCN(C(C)c3cccnc3)C2)no1. The van der Waals surface area contributed by atoms with Gasteiger partial charge in [-0.3, -0.25) is 14.8 Å². The summed E-state index contributed by atoms with van der Waals surface area (Å²) in [6.07, 6.45) is 4.95. The lowest BCUT2D eigenvalue weighted by Crippen LogP contribution is -2.35. The topological polar surface area (TPSA) is 58.3 Å². The molecule has 0 spiro atoms. The smallest absolute Gasteiger partial charge is 0.223 e. The van der Waals surface area contributed by atoms with Gasteiger partial charge in [-0.05, 0) is 32.0 Å². The van der Waals surface area contributed by atoms with Gasteiger partial charge in [-0.25, -0.2) is 0 Å². The molecule has 0 N–H and O–H groups in total. The Labute approximate surface area is 131 Å². The number of likely N-dealkylation sites (tertiary alicyclic amines) is 1. The molecule has 0 aromatic carbocycles. The van der Waals surface area contributed by atoms with Crippen molar-refractivity contribution < 1.29 is 4.52 Å². The van der Waals surface area contributed by atoms with E-state index < -0.39 is 0 Å². The number of aromatic nitrogens is 3. The lowest BCUT2D eigenvalue weighted by Gasteiger charge is -2.27. The zero-order valence-corrected chi connectivity index (χ0v) is 13.4. The first-order valence-electron chi connectivity index (χ1n) is 7.77. The van der Waals surface area contributed by atoms with Crippen LogP contribution in [0.1, 0.15) is 36.7 Å². The van der Waals surface area contributed by atoms with E-state index in [4.69, 9.17) is 4.52 Å². The van der Waals surface area contributed by atoms with E-state index in [1.165, 1.54) is 5.56 Å². The number of rotatable bonds is 5. The molecule has 3 rings (SSSR count). The van der Waals surface area contributed by atoms with Crippen molar-refractivity contribution in [3.8, 4) is 0 Å². The van der Waals surface area contributed by atoms with Gasteiger partial charge in [0, 0.05) is 44.5 Å². The van der Waals surface area contributed by atoms with Crippen molar-refractivity contribution in [2.75, 3.05) is 20.1 Å². The van der Waals surface area contributed by atoms with Gasteiger partial charge in [0.05, 0.1) is 6.54 Å². The fourth-order valence-electron chi connectivity index (χ4n) is 3.07. The average molecular weight is 301 g/mol. The van der Waals surface area contributed by atoms with Gasteiger partial charge in [-0.2, -0.15) is 4.98 Å². The summed E-state index contributed by atoms with van der Waals surface area (Å²) in [6.45, 7) is 6.97. The van der Waals surface area contributed by atoms with Crippen LogP contribution in [0.25, 0.3) is 0 Å². The molecule has 2 aromatic rings. The van der Waals surface area contributed by atoms with Gasteiger partial charge in [0.1, 0.15) is 0 Å². The monoisotopic (exact) mass is 301 g/mol. The Bertz CT molecular complexity index is 600. The van der Waals surface area contributed by atoms with E-state index in [2.05, 4.69) is 45.0 Å². The first kappa shape index (κ1) is 15.1. The highest BCUT2D eigenvalue weighted by molar-refractivity contribution is 5.13. The minimum atomic E-state index is 0.402. The summed E-state index contributed by atoms with van der Waals surface area (Å²) in [4.78, 5) is 13.3. The van der Waals surface area contributed by atoms with Crippen molar-refractivity contribution in [2.24, 2.45) is 0 Å². The molecule has 2 aromatic heterocycles. The molecule has 0 saturated carbocycles. The van der Waals surface area contributed by atoms with Crippen LogP contribution in [0, 0.1) is 6.92 Å². The quantitative estimate of drug-likeness (QED) is 0.842. The number of likely N-dealkylation sites (N-methyl/N-ethyl adjacent to an activating group) is 1. The van der Waals surface area contributed by atoms with Crippen molar-refractivity contribution in [1.29, 1.82) is 0 Å². The molecule has 118 valence electrons. The third-order valence-corrected chi connectivity index (χ3v) is 4.49. The summed E-state index contributed by atoms with van der Waals surface area (Å²) < 4.78 is 5.04. The fourth-order valence-corrected chi connectivity index (χ4v) is 3.07. The lowest BCUT2D eigenvalue weighted by molar-refractivity contribution is 0.198. The lowest BCUT2D eigenvalue weighted by atomic mass is 10.1. The highest BCUT2D eigenvalue weighted by Gasteiger charge is 2.29. The molecule has 22 heavy (non-hydrogen) atoms. The van der Waals surface area contributed by atoms with Gasteiger partial charge in [0.2, 0.25) is 5.89 Å². The van der Waals surface area contributed by atoms with Crippen LogP contribution in [0.15, 0.2) is 29.0 Å². The van der Waals surface area contributed by atoms with E-state index in [-0.39, 0.29) is 0 Å². The van der Waals surface area contributed by atoms with E-state index in [9.17, 15) is 0 Å². The first-order chi connectivity index (χ1) is 10.6. The number of hydrogen-bond donors (Lipinski definition) is 0. The van der Waals surface area contributed by atoms with E-state index >= 15 is 0 Å². The predicted octanol–water partition coefficient (Wildman–Crippen LogP) is 2.04. The van der Waals surface area contributed by atoms with Crippen LogP contribution in [-0.2, 0) is 6.54 Å². The zero-order valence-electron chi connectivity index (χ0n) is 13.4. The number of aryl methyl sites for hydroxylation is 1. The van der Waals surface area contributed by atoms with Crippen LogP contribution in [0.2, 0.25) is 0 Å². The van der Waals surface area contributed by atoms with Crippen molar-refractivity contribution >= 4 is 0 Å². The first-order valence-corrected chi connectivity index (χ1v) is 7.77. The molecule has 0 aliphatic carbocycles. The molecule has 6 heteroatoms. The second kappa shape index (κ2) is 6.54. The maximum atomic E-state index is 5.04. The second-order valence-corrected chi connectivity index (χ2v) is 6.04. The molecule has 6 nitrogen and oxygen atoms in total. The third kappa shape index (κ3) is 3.34. The molecule has 0 radical (unpaired) electrons. The van der Waals surface area contributed by atoms with E-state index in [1.807, 2.05) is 25.4 Å². The highest BCUT2D eigenvalue weighted by atomic mass is 16.5. The number of nitrogens with zero attached hydrogens (tertiary/aromatic N) is 5. The highest BCUT2D eigenvalue weighted by Crippen LogP contribution is 2.26. The Morgan fingerprint density at radius 2 is 2.36 bits per heavy atom. The molecule has 0 amide bonds. The summed E-state index contributed by atoms with van der Waals surface area (Å²) in [5.74, 6) is 1.39. The van der Waals surface area contributed by atoms with Crippen LogP contribution in [0.5, 0.6) is 0 Å². The third-order valence-electron chi connectivity index (χ3n) is 4.49. The van der Waals surface area contributed by atoms with Gasteiger partial charge < -0.3 is 4.52 Å². The molecule has 1 aliphatic heterocycles. The largest absolute Gasteiger partial charge is 0.340 e. The van der Waals surface area contributed by atoms with Crippen LogP contribution >= 0.6 is 0 Å². The van der Waals surface area contributed by atoms with Crippen molar-refractivity contribution in [3.05, 3.63) is 41.8 Å². The molecule has 1 fully saturated rings.